The number of hydrogen-bond donors (Lipinski definition) is 3. The lowest BCUT2D eigenvalue weighted by Gasteiger charge is -2.34. The zero-order valence-electron chi connectivity index (χ0n) is 12.3. The van der Waals surface area contributed by atoms with Gasteiger partial charge in [-0.3, -0.25) is 9.59 Å². The maximum atomic E-state index is 12.2. The lowest BCUT2D eigenvalue weighted by molar-refractivity contribution is -0.144. The number of carboxylic acids is 1. The van der Waals surface area contributed by atoms with E-state index in [1.54, 1.807) is 6.92 Å². The highest BCUT2D eigenvalue weighted by atomic mass is 16.4. The van der Waals surface area contributed by atoms with Crippen molar-refractivity contribution in [1.29, 1.82) is 0 Å². The van der Waals surface area contributed by atoms with Crippen LogP contribution in [0.4, 0.5) is 4.79 Å². The van der Waals surface area contributed by atoms with Crippen molar-refractivity contribution in [1.82, 2.24) is 15.5 Å². The van der Waals surface area contributed by atoms with Gasteiger partial charge in [-0.15, -0.1) is 0 Å². The fourth-order valence-electron chi connectivity index (χ4n) is 3.16. The maximum absolute atomic E-state index is 12.2. The second-order valence-corrected chi connectivity index (χ2v) is 5.84. The summed E-state index contributed by atoms with van der Waals surface area (Å²) in [6.07, 6.45) is 3.45. The van der Waals surface area contributed by atoms with Crippen LogP contribution in [-0.4, -0.2) is 53.6 Å². The molecule has 3 amide bonds. The first-order valence-corrected chi connectivity index (χ1v) is 7.55. The van der Waals surface area contributed by atoms with Crippen LogP contribution >= 0.6 is 0 Å². The van der Waals surface area contributed by atoms with Gasteiger partial charge in [0.25, 0.3) is 0 Å². The van der Waals surface area contributed by atoms with Gasteiger partial charge in [0.05, 0.1) is 5.92 Å². The van der Waals surface area contributed by atoms with Crippen LogP contribution in [0.25, 0.3) is 0 Å². The number of nitrogens with one attached hydrogen (secondary N) is 2. The quantitative estimate of drug-likeness (QED) is 0.702. The molecule has 2 aliphatic rings. The Morgan fingerprint density at radius 1 is 1.38 bits per heavy atom. The van der Waals surface area contributed by atoms with Gasteiger partial charge < -0.3 is 20.6 Å². The van der Waals surface area contributed by atoms with E-state index in [9.17, 15) is 19.5 Å². The zero-order chi connectivity index (χ0) is 15.4. The molecule has 1 aliphatic carbocycles. The van der Waals surface area contributed by atoms with E-state index >= 15 is 0 Å². The summed E-state index contributed by atoms with van der Waals surface area (Å²) < 4.78 is 0. The SMILES string of the molecule is CC1C(=O)NCCN1C(=O)NCC1CCCCC1C(=O)O. The molecule has 0 aromatic heterocycles. The number of carbonyl (C=O) groups excluding carboxylic acids is 2. The highest BCUT2D eigenvalue weighted by Gasteiger charge is 2.33. The minimum absolute atomic E-state index is 0.0193. The number of carbonyl (C=O) groups is 3. The van der Waals surface area contributed by atoms with Crippen LogP contribution in [0, 0.1) is 11.8 Å². The zero-order valence-corrected chi connectivity index (χ0v) is 12.3. The molecule has 3 unspecified atom stereocenters. The summed E-state index contributed by atoms with van der Waals surface area (Å²) in [6.45, 7) is 2.99. The van der Waals surface area contributed by atoms with Gasteiger partial charge in [-0.1, -0.05) is 12.8 Å². The van der Waals surface area contributed by atoms with Crippen molar-refractivity contribution < 1.29 is 19.5 Å². The van der Waals surface area contributed by atoms with Crippen molar-refractivity contribution in [3.63, 3.8) is 0 Å². The van der Waals surface area contributed by atoms with Crippen LogP contribution in [0.3, 0.4) is 0 Å². The molecule has 1 saturated heterocycles. The average molecular weight is 297 g/mol. The van der Waals surface area contributed by atoms with Crippen LogP contribution in [0.15, 0.2) is 0 Å². The lowest BCUT2D eigenvalue weighted by atomic mass is 9.79. The normalized spacial score (nSPS) is 29.7. The van der Waals surface area contributed by atoms with Gasteiger partial charge in [0.1, 0.15) is 6.04 Å². The van der Waals surface area contributed by atoms with Crippen LogP contribution < -0.4 is 10.6 Å². The summed E-state index contributed by atoms with van der Waals surface area (Å²) >= 11 is 0. The molecule has 21 heavy (non-hydrogen) atoms. The highest BCUT2D eigenvalue weighted by molar-refractivity contribution is 5.87. The second-order valence-electron chi connectivity index (χ2n) is 5.84. The summed E-state index contributed by atoms with van der Waals surface area (Å²) in [5.41, 5.74) is 0. The van der Waals surface area contributed by atoms with Crippen LogP contribution in [0.5, 0.6) is 0 Å². The van der Waals surface area contributed by atoms with Crippen LogP contribution in [0.1, 0.15) is 32.6 Å². The van der Waals surface area contributed by atoms with Gasteiger partial charge in [0, 0.05) is 19.6 Å². The number of urea groups is 1. The van der Waals surface area contributed by atoms with Gasteiger partial charge >= 0.3 is 12.0 Å². The highest BCUT2D eigenvalue weighted by Crippen LogP contribution is 2.29. The number of carboxylic acid groups (broad SMARTS) is 1. The molecule has 2 rings (SSSR count). The van der Waals surface area contributed by atoms with Crippen molar-refractivity contribution in [3.05, 3.63) is 0 Å². The second kappa shape index (κ2) is 6.78. The molecule has 1 saturated carbocycles. The summed E-state index contributed by atoms with van der Waals surface area (Å²) in [7, 11) is 0. The van der Waals surface area contributed by atoms with Crippen LogP contribution in [0.2, 0.25) is 0 Å². The summed E-state index contributed by atoms with van der Waals surface area (Å²) in [6, 6.07) is -0.771. The molecule has 1 aliphatic heterocycles. The largest absolute Gasteiger partial charge is 0.481 e. The minimum Gasteiger partial charge on any atom is -0.481 e. The number of hydrogen-bond acceptors (Lipinski definition) is 3. The van der Waals surface area contributed by atoms with E-state index in [1.807, 2.05) is 0 Å². The van der Waals surface area contributed by atoms with E-state index in [0.717, 1.165) is 19.3 Å². The molecule has 7 nitrogen and oxygen atoms in total. The van der Waals surface area contributed by atoms with Gasteiger partial charge in [0.15, 0.2) is 0 Å². The number of piperazine rings is 1. The van der Waals surface area contributed by atoms with E-state index in [0.29, 0.717) is 26.1 Å². The number of aliphatic carboxylic acids is 1. The molecule has 3 N–H and O–H groups in total. The third-order valence-corrected chi connectivity index (χ3v) is 4.50. The molecule has 0 aromatic carbocycles. The Morgan fingerprint density at radius 2 is 2.10 bits per heavy atom. The van der Waals surface area contributed by atoms with Gasteiger partial charge in [-0.05, 0) is 25.7 Å². The molecular weight excluding hydrogens is 274 g/mol. The Bertz CT molecular complexity index is 426. The predicted molar refractivity (Wildman–Crippen MR) is 75.7 cm³/mol. The monoisotopic (exact) mass is 297 g/mol. The first-order chi connectivity index (χ1) is 10.0. The van der Waals surface area contributed by atoms with Gasteiger partial charge in [-0.2, -0.15) is 0 Å². The minimum atomic E-state index is -0.778. The standard InChI is InChI=1S/C14H23N3O4/c1-9-12(18)15-6-7-17(9)14(21)16-8-10-4-2-3-5-11(10)13(19)20/h9-11H,2-8H2,1H3,(H,15,18)(H,16,21)(H,19,20). The van der Waals surface area contributed by atoms with Crippen molar-refractivity contribution in [2.24, 2.45) is 11.8 Å². The molecule has 0 spiro atoms. The molecule has 1 heterocycles. The predicted octanol–water partition coefficient (Wildman–Crippen LogP) is 0.407. The van der Waals surface area contributed by atoms with E-state index < -0.39 is 12.0 Å². The Balaban J connectivity index is 1.87. The smallest absolute Gasteiger partial charge is 0.318 e. The lowest BCUT2D eigenvalue weighted by Crippen LogP contribution is -2.58. The number of nitrogens with zero attached hydrogens (tertiary/aromatic N) is 1. The molecule has 118 valence electrons. The Kier molecular flexibility index (Phi) is 5.03. The van der Waals surface area contributed by atoms with Crippen molar-refractivity contribution in [2.45, 2.75) is 38.6 Å². The molecular formula is C14H23N3O4. The molecule has 0 aromatic rings. The molecule has 3 atom stereocenters. The van der Waals surface area contributed by atoms with E-state index in [1.165, 1.54) is 4.90 Å². The third kappa shape index (κ3) is 3.65. The molecule has 0 radical (unpaired) electrons. The Labute approximate surface area is 124 Å². The topological polar surface area (TPSA) is 98.7 Å². The van der Waals surface area contributed by atoms with Gasteiger partial charge in [-0.25, -0.2) is 4.79 Å². The molecule has 0 bridgehead atoms. The number of amides is 3. The Hall–Kier alpha value is -1.79. The average Bonchev–Trinajstić information content (AvgIpc) is 2.47. The maximum Gasteiger partial charge on any atom is 0.318 e. The van der Waals surface area contributed by atoms with Gasteiger partial charge in [0.2, 0.25) is 5.91 Å². The summed E-state index contributed by atoms with van der Waals surface area (Å²) in [4.78, 5) is 36.4. The van der Waals surface area contributed by atoms with Crippen molar-refractivity contribution >= 4 is 17.9 Å². The van der Waals surface area contributed by atoms with E-state index in [-0.39, 0.29) is 23.8 Å². The van der Waals surface area contributed by atoms with Crippen molar-refractivity contribution in [2.75, 3.05) is 19.6 Å². The Morgan fingerprint density at radius 3 is 2.81 bits per heavy atom. The third-order valence-electron chi connectivity index (χ3n) is 4.50. The summed E-state index contributed by atoms with van der Waals surface area (Å²) in [5.74, 6) is -1.33. The van der Waals surface area contributed by atoms with E-state index in [4.69, 9.17) is 0 Å². The first-order valence-electron chi connectivity index (χ1n) is 7.55. The van der Waals surface area contributed by atoms with Crippen LogP contribution in [-0.2, 0) is 9.59 Å². The fourth-order valence-corrected chi connectivity index (χ4v) is 3.16. The van der Waals surface area contributed by atoms with Crippen molar-refractivity contribution in [3.8, 4) is 0 Å². The molecule has 2 fully saturated rings. The summed E-state index contributed by atoms with van der Waals surface area (Å²) in [5, 5.41) is 14.7. The first kappa shape index (κ1) is 15.6. The fraction of sp³-hybridized carbons (Fsp3) is 0.786. The van der Waals surface area contributed by atoms with E-state index in [2.05, 4.69) is 10.6 Å². The number of rotatable bonds is 3. The molecule has 7 heteroatoms.